The predicted molar refractivity (Wildman–Crippen MR) is 111 cm³/mol. The average molecular weight is 417 g/mol. The Kier molecular flexibility index (Phi) is 6.07. The molecule has 0 saturated heterocycles. The van der Waals surface area contributed by atoms with Gasteiger partial charge in [0.1, 0.15) is 19.8 Å². The van der Waals surface area contributed by atoms with Crippen molar-refractivity contribution in [2.45, 2.75) is 13.8 Å². The number of carbonyl (C=O) groups is 1. The van der Waals surface area contributed by atoms with E-state index < -0.39 is 15.9 Å². The molecule has 8 nitrogen and oxygen atoms in total. The monoisotopic (exact) mass is 417 g/mol. The van der Waals surface area contributed by atoms with Crippen LogP contribution in [0.15, 0.2) is 41.5 Å². The van der Waals surface area contributed by atoms with E-state index in [1.807, 2.05) is 19.9 Å². The molecule has 1 N–H and O–H groups in total. The van der Waals surface area contributed by atoms with Crippen LogP contribution in [0.4, 0.5) is 5.69 Å². The van der Waals surface area contributed by atoms with E-state index in [1.54, 1.807) is 30.3 Å². The number of anilines is 1. The Bertz CT molecular complexity index is 1030. The molecule has 3 rings (SSSR count). The van der Waals surface area contributed by atoms with Crippen LogP contribution >= 0.6 is 0 Å². The van der Waals surface area contributed by atoms with E-state index in [4.69, 9.17) is 9.47 Å². The van der Waals surface area contributed by atoms with Crippen LogP contribution in [0.25, 0.3) is 0 Å². The van der Waals surface area contributed by atoms with E-state index in [9.17, 15) is 13.2 Å². The highest BCUT2D eigenvalue weighted by molar-refractivity contribution is 7.92. The largest absolute Gasteiger partial charge is 0.486 e. The van der Waals surface area contributed by atoms with Gasteiger partial charge in [-0.25, -0.2) is 13.8 Å². The van der Waals surface area contributed by atoms with Gasteiger partial charge in [-0.3, -0.25) is 9.10 Å². The number of sulfonamides is 1. The van der Waals surface area contributed by atoms with Crippen LogP contribution in [0.2, 0.25) is 0 Å². The summed E-state index contributed by atoms with van der Waals surface area (Å²) < 4.78 is 36.6. The fraction of sp³-hybridized carbons (Fsp3) is 0.300. The first-order chi connectivity index (χ1) is 13.7. The minimum absolute atomic E-state index is 0.383. The van der Waals surface area contributed by atoms with E-state index >= 15 is 0 Å². The topological polar surface area (TPSA) is 97.3 Å². The molecule has 1 aliphatic heterocycles. The zero-order valence-corrected chi connectivity index (χ0v) is 17.3. The van der Waals surface area contributed by atoms with Crippen LogP contribution in [0, 0.1) is 13.8 Å². The normalized spacial score (nSPS) is 13.3. The molecule has 0 fully saturated rings. The van der Waals surface area contributed by atoms with Gasteiger partial charge < -0.3 is 9.47 Å². The molecule has 9 heteroatoms. The molecule has 1 heterocycles. The second-order valence-corrected chi connectivity index (χ2v) is 8.69. The predicted octanol–water partition coefficient (Wildman–Crippen LogP) is 1.99. The lowest BCUT2D eigenvalue weighted by Gasteiger charge is -2.22. The summed E-state index contributed by atoms with van der Waals surface area (Å²) in [5, 5.41) is 3.93. The molecule has 0 saturated carbocycles. The molecule has 2 aromatic carbocycles. The highest BCUT2D eigenvalue weighted by Crippen LogP contribution is 2.32. The van der Waals surface area contributed by atoms with Gasteiger partial charge in [-0.05, 0) is 49.2 Å². The number of benzene rings is 2. The lowest BCUT2D eigenvalue weighted by Crippen LogP contribution is -2.39. The van der Waals surface area contributed by atoms with Crippen LogP contribution in [0.1, 0.15) is 16.7 Å². The van der Waals surface area contributed by atoms with E-state index in [0.29, 0.717) is 36.0 Å². The molecular formula is C20H23N3O5S. The summed E-state index contributed by atoms with van der Waals surface area (Å²) in [7, 11) is -3.65. The van der Waals surface area contributed by atoms with Crippen molar-refractivity contribution in [3.8, 4) is 11.5 Å². The third-order valence-corrected chi connectivity index (χ3v) is 5.31. The molecule has 0 unspecified atom stereocenters. The van der Waals surface area contributed by atoms with Crippen molar-refractivity contribution < 1.29 is 22.7 Å². The quantitative estimate of drug-likeness (QED) is 0.573. The number of nitrogens with one attached hydrogen (secondary N) is 1. The van der Waals surface area contributed by atoms with Gasteiger partial charge in [0.05, 0.1) is 18.2 Å². The number of carbonyl (C=O) groups excluding carboxylic acids is 1. The lowest BCUT2D eigenvalue weighted by atomic mass is 10.1. The number of amides is 1. The second-order valence-electron chi connectivity index (χ2n) is 6.78. The average Bonchev–Trinajstić information content (AvgIpc) is 2.64. The zero-order chi connectivity index (χ0) is 21.0. The Morgan fingerprint density at radius 3 is 2.55 bits per heavy atom. The molecule has 0 radical (unpaired) electrons. The maximum absolute atomic E-state index is 12.3. The molecule has 0 spiro atoms. The Balaban J connectivity index is 1.72. The maximum Gasteiger partial charge on any atom is 0.260 e. The number of nitrogens with zero attached hydrogens (tertiary/aromatic N) is 2. The molecule has 0 aliphatic carbocycles. The Hall–Kier alpha value is -3.07. The van der Waals surface area contributed by atoms with Gasteiger partial charge in [0, 0.05) is 5.56 Å². The Morgan fingerprint density at radius 2 is 1.86 bits per heavy atom. The van der Waals surface area contributed by atoms with Gasteiger partial charge in [-0.1, -0.05) is 12.1 Å². The molecule has 2 aromatic rings. The lowest BCUT2D eigenvalue weighted by molar-refractivity contribution is -0.119. The van der Waals surface area contributed by atoms with Crippen LogP contribution in [0.5, 0.6) is 11.5 Å². The Morgan fingerprint density at radius 1 is 1.17 bits per heavy atom. The number of ether oxygens (including phenoxy) is 2. The number of hydrogen-bond donors (Lipinski definition) is 1. The number of hydrazone groups is 1. The molecule has 0 atom stereocenters. The molecule has 0 aromatic heterocycles. The number of para-hydroxylation sites is 1. The van der Waals surface area contributed by atoms with Gasteiger partial charge >= 0.3 is 0 Å². The summed E-state index contributed by atoms with van der Waals surface area (Å²) in [6.45, 7) is 4.26. The molecule has 29 heavy (non-hydrogen) atoms. The van der Waals surface area contributed by atoms with Gasteiger partial charge in [0.15, 0.2) is 11.5 Å². The van der Waals surface area contributed by atoms with Crippen molar-refractivity contribution in [3.05, 3.63) is 53.1 Å². The van der Waals surface area contributed by atoms with Gasteiger partial charge in [-0.15, -0.1) is 0 Å². The summed E-state index contributed by atoms with van der Waals surface area (Å²) in [5.74, 6) is 0.613. The van der Waals surface area contributed by atoms with E-state index in [1.165, 1.54) is 6.21 Å². The maximum atomic E-state index is 12.3. The van der Waals surface area contributed by atoms with Crippen LogP contribution in [-0.2, 0) is 14.8 Å². The first-order valence-corrected chi connectivity index (χ1v) is 10.9. The SMILES string of the molecule is Cc1cc(C)cc(N(CC(=O)N/N=C\c2cccc3c2OCCO3)S(C)(=O)=O)c1. The van der Waals surface area contributed by atoms with E-state index in [-0.39, 0.29) is 6.54 Å². The van der Waals surface area contributed by atoms with Crippen molar-refractivity contribution in [3.63, 3.8) is 0 Å². The summed E-state index contributed by atoms with van der Waals surface area (Å²) in [6.07, 6.45) is 2.50. The van der Waals surface area contributed by atoms with E-state index in [0.717, 1.165) is 21.7 Å². The van der Waals surface area contributed by atoms with Gasteiger partial charge in [0.2, 0.25) is 10.0 Å². The summed E-state index contributed by atoms with van der Waals surface area (Å²) >= 11 is 0. The third-order valence-electron chi connectivity index (χ3n) is 4.17. The Labute approximate surface area is 170 Å². The molecule has 1 aliphatic rings. The first kappa shape index (κ1) is 20.7. The summed E-state index contributed by atoms with van der Waals surface area (Å²) in [4.78, 5) is 12.3. The number of hydrogen-bond acceptors (Lipinski definition) is 6. The standard InChI is InChI=1S/C20H23N3O5S/c1-14-9-15(2)11-17(10-14)23(29(3,25)26)13-19(24)22-21-12-16-5-4-6-18-20(16)28-8-7-27-18/h4-6,9-12H,7-8,13H2,1-3H3,(H,22,24)/b21-12-. The minimum Gasteiger partial charge on any atom is -0.486 e. The fourth-order valence-electron chi connectivity index (χ4n) is 3.03. The van der Waals surface area contributed by atoms with Crippen molar-refractivity contribution >= 4 is 27.8 Å². The highest BCUT2D eigenvalue weighted by atomic mass is 32.2. The fourth-order valence-corrected chi connectivity index (χ4v) is 3.87. The first-order valence-electron chi connectivity index (χ1n) is 9.00. The van der Waals surface area contributed by atoms with Crippen LogP contribution < -0.4 is 19.2 Å². The number of rotatable bonds is 6. The molecular weight excluding hydrogens is 394 g/mol. The van der Waals surface area contributed by atoms with Crippen molar-refractivity contribution in [1.29, 1.82) is 0 Å². The second kappa shape index (κ2) is 8.52. The number of fused-ring (bicyclic) bond motifs is 1. The number of aryl methyl sites for hydroxylation is 2. The summed E-state index contributed by atoms with van der Waals surface area (Å²) in [5.41, 5.74) is 5.27. The zero-order valence-electron chi connectivity index (χ0n) is 16.5. The van der Waals surface area contributed by atoms with Crippen LogP contribution in [0.3, 0.4) is 0 Å². The summed E-state index contributed by atoms with van der Waals surface area (Å²) in [6, 6.07) is 10.7. The smallest absolute Gasteiger partial charge is 0.260 e. The molecule has 0 bridgehead atoms. The van der Waals surface area contributed by atoms with E-state index in [2.05, 4.69) is 10.5 Å². The van der Waals surface area contributed by atoms with Crippen molar-refractivity contribution in [2.24, 2.45) is 5.10 Å². The highest BCUT2D eigenvalue weighted by Gasteiger charge is 2.21. The van der Waals surface area contributed by atoms with Gasteiger partial charge in [0.25, 0.3) is 5.91 Å². The van der Waals surface area contributed by atoms with Crippen LogP contribution in [-0.4, -0.2) is 46.6 Å². The molecule has 154 valence electrons. The minimum atomic E-state index is -3.65. The van der Waals surface area contributed by atoms with Crippen molar-refractivity contribution in [1.82, 2.24) is 5.43 Å². The molecule has 1 amide bonds. The van der Waals surface area contributed by atoms with Gasteiger partial charge in [-0.2, -0.15) is 5.10 Å². The van der Waals surface area contributed by atoms with Crippen molar-refractivity contribution in [2.75, 3.05) is 30.3 Å². The third kappa shape index (κ3) is 5.26.